The van der Waals surface area contributed by atoms with E-state index in [0.29, 0.717) is 24.6 Å². The van der Waals surface area contributed by atoms with E-state index in [2.05, 4.69) is 47.3 Å². The third-order valence-electron chi connectivity index (χ3n) is 4.19. The topological polar surface area (TPSA) is 58.1 Å². The third kappa shape index (κ3) is 3.91. The first kappa shape index (κ1) is 17.9. The van der Waals surface area contributed by atoms with Crippen molar-refractivity contribution in [2.45, 2.75) is 40.5 Å². The zero-order valence-electron chi connectivity index (χ0n) is 15.0. The molecule has 0 aliphatic rings. The van der Waals surface area contributed by atoms with E-state index in [4.69, 9.17) is 0 Å². The van der Waals surface area contributed by atoms with Gasteiger partial charge in [0.25, 0.3) is 5.91 Å². The van der Waals surface area contributed by atoms with Crippen LogP contribution in [0, 0.1) is 0 Å². The average Bonchev–Trinajstić information content (AvgIpc) is 2.63. The quantitative estimate of drug-likeness (QED) is 0.840. The van der Waals surface area contributed by atoms with Crippen molar-refractivity contribution in [3.8, 4) is 0 Å². The summed E-state index contributed by atoms with van der Waals surface area (Å²) in [5.74, 6) is 0.483. The number of hydrogen-bond donors (Lipinski definition) is 1. The van der Waals surface area contributed by atoms with E-state index in [9.17, 15) is 4.79 Å². The van der Waals surface area contributed by atoms with Gasteiger partial charge in [-0.05, 0) is 37.8 Å². The molecule has 0 fully saturated rings. The molecule has 5 heteroatoms. The van der Waals surface area contributed by atoms with Crippen LogP contribution in [0.25, 0.3) is 0 Å². The van der Waals surface area contributed by atoms with Gasteiger partial charge in [-0.1, -0.05) is 32.0 Å². The molecular formula is C19H26N4O. The summed E-state index contributed by atoms with van der Waals surface area (Å²) in [5.41, 5.74) is 4.07. The van der Waals surface area contributed by atoms with E-state index in [1.54, 1.807) is 17.3 Å². The van der Waals surface area contributed by atoms with Crippen LogP contribution in [0.1, 0.15) is 49.2 Å². The number of aromatic nitrogens is 2. The Kier molecular flexibility index (Phi) is 6.29. The number of carbonyl (C=O) groups excluding carboxylic acids is 1. The number of para-hydroxylation sites is 1. The molecule has 2 rings (SSSR count). The van der Waals surface area contributed by atoms with E-state index < -0.39 is 0 Å². The number of anilines is 2. The Morgan fingerprint density at radius 3 is 2.00 bits per heavy atom. The molecule has 0 aliphatic heterocycles. The number of nitrogens with zero attached hydrogens (tertiary/aromatic N) is 3. The molecule has 128 valence electrons. The molecule has 0 aliphatic carbocycles. The number of hydrogen-bond acceptors (Lipinski definition) is 4. The molecule has 2 aromatic rings. The molecule has 0 atom stereocenters. The second kappa shape index (κ2) is 8.43. The van der Waals surface area contributed by atoms with Gasteiger partial charge in [-0.2, -0.15) is 0 Å². The van der Waals surface area contributed by atoms with Crippen LogP contribution < -0.4 is 5.32 Å². The molecule has 0 saturated heterocycles. The fourth-order valence-electron chi connectivity index (χ4n) is 2.71. The smallest absolute Gasteiger partial charge is 0.256 e. The molecule has 24 heavy (non-hydrogen) atoms. The zero-order chi connectivity index (χ0) is 17.5. The Balaban J connectivity index is 2.23. The number of nitrogens with one attached hydrogen (secondary N) is 1. The van der Waals surface area contributed by atoms with Gasteiger partial charge < -0.3 is 10.2 Å². The Bertz CT molecular complexity index is 656. The molecule has 5 nitrogen and oxygen atoms in total. The third-order valence-corrected chi connectivity index (χ3v) is 4.19. The maximum Gasteiger partial charge on any atom is 0.256 e. The molecule has 0 spiro atoms. The lowest BCUT2D eigenvalue weighted by Gasteiger charge is -2.18. The van der Waals surface area contributed by atoms with E-state index in [1.165, 1.54) is 11.1 Å². The lowest BCUT2D eigenvalue weighted by molar-refractivity contribution is 0.0772. The molecule has 0 radical (unpaired) electrons. The van der Waals surface area contributed by atoms with Gasteiger partial charge in [0.15, 0.2) is 0 Å². The number of benzene rings is 1. The van der Waals surface area contributed by atoms with Gasteiger partial charge in [0.05, 0.1) is 5.56 Å². The first-order valence-corrected chi connectivity index (χ1v) is 8.63. The largest absolute Gasteiger partial charge is 0.339 e. The zero-order valence-corrected chi connectivity index (χ0v) is 15.0. The number of rotatable bonds is 7. The highest BCUT2D eigenvalue weighted by Crippen LogP contribution is 2.25. The van der Waals surface area contributed by atoms with Crippen molar-refractivity contribution in [1.82, 2.24) is 14.9 Å². The lowest BCUT2D eigenvalue weighted by atomic mass is 10.0. The van der Waals surface area contributed by atoms with E-state index in [0.717, 1.165) is 18.5 Å². The minimum atomic E-state index is -0.0326. The molecular weight excluding hydrogens is 300 g/mol. The SMILES string of the molecule is CCc1cccc(CC)c1Nc1ncc(C(=O)N(CC)CC)cn1. The summed E-state index contributed by atoms with van der Waals surface area (Å²) in [4.78, 5) is 22.7. The molecule has 1 N–H and O–H groups in total. The van der Waals surface area contributed by atoms with Gasteiger partial charge in [-0.3, -0.25) is 4.79 Å². The van der Waals surface area contributed by atoms with Crippen LogP contribution in [0.5, 0.6) is 0 Å². The highest BCUT2D eigenvalue weighted by atomic mass is 16.2. The highest BCUT2D eigenvalue weighted by molar-refractivity contribution is 5.93. The predicted octanol–water partition coefficient (Wildman–Crippen LogP) is 3.83. The molecule has 0 bridgehead atoms. The monoisotopic (exact) mass is 326 g/mol. The standard InChI is InChI=1S/C19H26N4O/c1-5-14-10-9-11-15(6-2)17(14)22-19-20-12-16(13-21-19)18(24)23(7-3)8-4/h9-13H,5-8H2,1-4H3,(H,20,21,22). The van der Waals surface area contributed by atoms with Crippen LogP contribution in [-0.4, -0.2) is 33.9 Å². The summed E-state index contributed by atoms with van der Waals surface area (Å²) >= 11 is 0. The van der Waals surface area contributed by atoms with Crippen LogP contribution in [0.4, 0.5) is 11.6 Å². The van der Waals surface area contributed by atoms with E-state index >= 15 is 0 Å². The van der Waals surface area contributed by atoms with Gasteiger partial charge in [-0.25, -0.2) is 9.97 Å². The number of aryl methyl sites for hydroxylation is 2. The second-order valence-electron chi connectivity index (χ2n) is 5.56. The van der Waals surface area contributed by atoms with Crippen molar-refractivity contribution < 1.29 is 4.79 Å². The minimum Gasteiger partial charge on any atom is -0.339 e. The molecule has 1 aromatic heterocycles. The van der Waals surface area contributed by atoms with Crippen molar-refractivity contribution in [3.05, 3.63) is 47.3 Å². The van der Waals surface area contributed by atoms with Crippen molar-refractivity contribution in [3.63, 3.8) is 0 Å². The summed E-state index contributed by atoms with van der Waals surface area (Å²) in [5, 5.41) is 3.32. The molecule has 0 unspecified atom stereocenters. The van der Waals surface area contributed by atoms with Crippen molar-refractivity contribution in [2.75, 3.05) is 18.4 Å². The Morgan fingerprint density at radius 2 is 1.54 bits per heavy atom. The van der Waals surface area contributed by atoms with Gasteiger partial charge >= 0.3 is 0 Å². The molecule has 1 aromatic carbocycles. The molecule has 0 saturated carbocycles. The summed E-state index contributed by atoms with van der Waals surface area (Å²) in [6.45, 7) is 9.55. The Labute approximate surface area is 144 Å². The van der Waals surface area contributed by atoms with Crippen LogP contribution >= 0.6 is 0 Å². The first-order chi connectivity index (χ1) is 11.6. The summed E-state index contributed by atoms with van der Waals surface area (Å²) in [6.07, 6.45) is 5.07. The van der Waals surface area contributed by atoms with Crippen molar-refractivity contribution in [2.24, 2.45) is 0 Å². The molecule has 1 amide bonds. The Morgan fingerprint density at radius 1 is 1.00 bits per heavy atom. The van der Waals surface area contributed by atoms with Crippen molar-refractivity contribution in [1.29, 1.82) is 0 Å². The van der Waals surface area contributed by atoms with Crippen molar-refractivity contribution >= 4 is 17.5 Å². The Hall–Kier alpha value is -2.43. The maximum absolute atomic E-state index is 12.3. The number of amides is 1. The minimum absolute atomic E-state index is 0.0326. The van der Waals surface area contributed by atoms with Gasteiger partial charge in [0, 0.05) is 31.2 Å². The predicted molar refractivity (Wildman–Crippen MR) is 97.8 cm³/mol. The van der Waals surface area contributed by atoms with E-state index in [-0.39, 0.29) is 5.91 Å². The van der Waals surface area contributed by atoms with Crippen LogP contribution in [0.3, 0.4) is 0 Å². The van der Waals surface area contributed by atoms with Gasteiger partial charge in [-0.15, -0.1) is 0 Å². The highest BCUT2D eigenvalue weighted by Gasteiger charge is 2.14. The summed E-state index contributed by atoms with van der Waals surface area (Å²) in [6, 6.07) is 6.30. The van der Waals surface area contributed by atoms with Gasteiger partial charge in [0.2, 0.25) is 5.95 Å². The summed E-state index contributed by atoms with van der Waals surface area (Å²) in [7, 11) is 0. The first-order valence-electron chi connectivity index (χ1n) is 8.63. The average molecular weight is 326 g/mol. The fourth-order valence-corrected chi connectivity index (χ4v) is 2.71. The van der Waals surface area contributed by atoms with Crippen LogP contribution in [-0.2, 0) is 12.8 Å². The normalized spacial score (nSPS) is 10.5. The van der Waals surface area contributed by atoms with Crippen LogP contribution in [0.15, 0.2) is 30.6 Å². The summed E-state index contributed by atoms with van der Waals surface area (Å²) < 4.78 is 0. The second-order valence-corrected chi connectivity index (χ2v) is 5.56. The number of carbonyl (C=O) groups is 1. The fraction of sp³-hybridized carbons (Fsp3) is 0.421. The maximum atomic E-state index is 12.3. The lowest BCUT2D eigenvalue weighted by Crippen LogP contribution is -2.30. The van der Waals surface area contributed by atoms with E-state index in [1.807, 2.05) is 13.8 Å². The van der Waals surface area contributed by atoms with Crippen LogP contribution in [0.2, 0.25) is 0 Å². The molecule has 1 heterocycles. The van der Waals surface area contributed by atoms with Gasteiger partial charge in [0.1, 0.15) is 0 Å².